The van der Waals surface area contributed by atoms with Gasteiger partial charge in [-0.2, -0.15) is 4.98 Å². The van der Waals surface area contributed by atoms with Crippen molar-refractivity contribution in [2.75, 3.05) is 49.6 Å². The summed E-state index contributed by atoms with van der Waals surface area (Å²) in [5, 5.41) is 2.62. The summed E-state index contributed by atoms with van der Waals surface area (Å²) in [6.07, 6.45) is 10.0. The van der Waals surface area contributed by atoms with Gasteiger partial charge in [0.15, 0.2) is 5.82 Å². The van der Waals surface area contributed by atoms with Crippen molar-refractivity contribution in [2.45, 2.75) is 0 Å². The summed E-state index contributed by atoms with van der Waals surface area (Å²) in [4.78, 5) is 29.2. The van der Waals surface area contributed by atoms with E-state index in [0.717, 1.165) is 37.8 Å². The lowest BCUT2D eigenvalue weighted by atomic mass is 10.2. The highest BCUT2D eigenvalue weighted by atomic mass is 16.5. The van der Waals surface area contributed by atoms with E-state index in [9.17, 15) is 4.79 Å². The molecule has 1 amide bonds. The fraction of sp³-hybridized carbons (Fsp3) is 0.333. The first-order valence-electron chi connectivity index (χ1n) is 8.25. The van der Waals surface area contributed by atoms with Crippen LogP contribution in [0.5, 0.6) is 5.88 Å². The van der Waals surface area contributed by atoms with E-state index in [4.69, 9.17) is 11.2 Å². The van der Waals surface area contributed by atoms with Crippen molar-refractivity contribution in [1.82, 2.24) is 20.3 Å². The average Bonchev–Trinajstić information content (AvgIpc) is 2.72. The first kappa shape index (κ1) is 17.5. The number of terminal acetylenes is 1. The van der Waals surface area contributed by atoms with E-state index in [1.54, 1.807) is 31.8 Å². The Morgan fingerprint density at radius 3 is 2.54 bits per heavy atom. The standard InChI is InChI=1S/C18H20N6O2/c1-3-6-20-18(25)14-4-5-15(21-11-14)23-7-9-24(10-8-23)16-12-19-13-17(22-16)26-2/h1,4-5,11-13H,6-10H2,2H3,(H,20,25). The summed E-state index contributed by atoms with van der Waals surface area (Å²) in [7, 11) is 1.58. The first-order valence-corrected chi connectivity index (χ1v) is 8.25. The van der Waals surface area contributed by atoms with Crippen LogP contribution < -0.4 is 19.9 Å². The molecule has 1 saturated heterocycles. The lowest BCUT2D eigenvalue weighted by molar-refractivity contribution is 0.0958. The molecule has 2 aromatic rings. The first-order chi connectivity index (χ1) is 12.7. The highest BCUT2D eigenvalue weighted by molar-refractivity contribution is 5.94. The SMILES string of the molecule is C#CCNC(=O)c1ccc(N2CCN(c3cncc(OC)n3)CC2)nc1. The van der Waals surface area contributed by atoms with Gasteiger partial charge in [-0.1, -0.05) is 5.92 Å². The molecular formula is C18H20N6O2. The summed E-state index contributed by atoms with van der Waals surface area (Å²) in [5.41, 5.74) is 0.495. The zero-order valence-corrected chi connectivity index (χ0v) is 14.6. The predicted molar refractivity (Wildman–Crippen MR) is 98.4 cm³/mol. The summed E-state index contributed by atoms with van der Waals surface area (Å²) < 4.78 is 5.13. The van der Waals surface area contributed by atoms with Crippen LogP contribution in [-0.2, 0) is 0 Å². The van der Waals surface area contributed by atoms with Crippen LogP contribution in [0.15, 0.2) is 30.7 Å². The maximum Gasteiger partial charge on any atom is 0.253 e. The molecule has 0 saturated carbocycles. The number of carbonyl (C=O) groups is 1. The van der Waals surface area contributed by atoms with Crippen molar-refractivity contribution in [2.24, 2.45) is 0 Å². The van der Waals surface area contributed by atoms with E-state index < -0.39 is 0 Å². The number of rotatable bonds is 5. The smallest absolute Gasteiger partial charge is 0.253 e. The molecule has 1 aliphatic heterocycles. The van der Waals surface area contributed by atoms with Gasteiger partial charge in [-0.3, -0.25) is 9.78 Å². The molecule has 134 valence electrons. The number of hydrogen-bond acceptors (Lipinski definition) is 7. The molecule has 1 fully saturated rings. The van der Waals surface area contributed by atoms with Gasteiger partial charge >= 0.3 is 0 Å². The van der Waals surface area contributed by atoms with Gasteiger partial charge in [0.1, 0.15) is 5.82 Å². The van der Waals surface area contributed by atoms with Crippen molar-refractivity contribution in [3.8, 4) is 18.2 Å². The fourth-order valence-electron chi connectivity index (χ4n) is 2.69. The van der Waals surface area contributed by atoms with Gasteiger partial charge in [0, 0.05) is 32.4 Å². The third-order valence-electron chi connectivity index (χ3n) is 4.10. The number of hydrogen-bond donors (Lipinski definition) is 1. The molecule has 0 atom stereocenters. The largest absolute Gasteiger partial charge is 0.480 e. The lowest BCUT2D eigenvalue weighted by Crippen LogP contribution is -2.47. The number of pyridine rings is 1. The van der Waals surface area contributed by atoms with E-state index in [2.05, 4.69) is 36.0 Å². The molecule has 1 aliphatic rings. The van der Waals surface area contributed by atoms with Crippen LogP contribution in [-0.4, -0.2) is 60.7 Å². The molecule has 0 spiro atoms. The molecule has 0 bridgehead atoms. The number of nitrogens with zero attached hydrogens (tertiary/aromatic N) is 5. The third-order valence-corrected chi connectivity index (χ3v) is 4.10. The Bertz CT molecular complexity index is 794. The van der Waals surface area contributed by atoms with Crippen LogP contribution in [0, 0.1) is 12.3 Å². The maximum atomic E-state index is 11.9. The van der Waals surface area contributed by atoms with Crippen LogP contribution in [0.2, 0.25) is 0 Å². The molecular weight excluding hydrogens is 332 g/mol. The van der Waals surface area contributed by atoms with Gasteiger partial charge in [0.2, 0.25) is 5.88 Å². The van der Waals surface area contributed by atoms with Gasteiger partial charge in [0.05, 0.1) is 31.6 Å². The number of amides is 1. The zero-order valence-electron chi connectivity index (χ0n) is 14.6. The van der Waals surface area contributed by atoms with Crippen LogP contribution in [0.25, 0.3) is 0 Å². The predicted octanol–water partition coefficient (Wildman–Crippen LogP) is 0.570. The van der Waals surface area contributed by atoms with E-state index in [0.29, 0.717) is 11.4 Å². The zero-order chi connectivity index (χ0) is 18.4. The molecule has 1 N–H and O–H groups in total. The van der Waals surface area contributed by atoms with E-state index in [1.165, 1.54) is 0 Å². The number of nitrogens with one attached hydrogen (secondary N) is 1. The van der Waals surface area contributed by atoms with Gasteiger partial charge < -0.3 is 19.9 Å². The normalized spacial score (nSPS) is 13.8. The van der Waals surface area contributed by atoms with Gasteiger partial charge in [-0.15, -0.1) is 6.42 Å². The quantitative estimate of drug-likeness (QED) is 0.788. The van der Waals surface area contributed by atoms with Crippen LogP contribution in [0.1, 0.15) is 10.4 Å². The molecule has 2 aromatic heterocycles. The Balaban J connectivity index is 1.59. The number of carbonyl (C=O) groups excluding carboxylic acids is 1. The number of ether oxygens (including phenoxy) is 1. The van der Waals surface area contributed by atoms with E-state index >= 15 is 0 Å². The van der Waals surface area contributed by atoms with Crippen molar-refractivity contribution < 1.29 is 9.53 Å². The second-order valence-electron chi connectivity index (χ2n) is 5.69. The Kier molecular flexibility index (Phi) is 5.49. The second kappa shape index (κ2) is 8.16. The minimum Gasteiger partial charge on any atom is -0.480 e. The van der Waals surface area contributed by atoms with Crippen molar-refractivity contribution >= 4 is 17.5 Å². The van der Waals surface area contributed by atoms with Crippen LogP contribution >= 0.6 is 0 Å². The van der Waals surface area contributed by atoms with Crippen molar-refractivity contribution in [3.05, 3.63) is 36.3 Å². The van der Waals surface area contributed by atoms with E-state index in [-0.39, 0.29) is 12.5 Å². The third kappa shape index (κ3) is 4.00. The Morgan fingerprint density at radius 1 is 1.19 bits per heavy atom. The molecule has 8 heteroatoms. The average molecular weight is 352 g/mol. The number of methoxy groups -OCH3 is 1. The van der Waals surface area contributed by atoms with Gasteiger partial charge in [-0.05, 0) is 12.1 Å². The monoisotopic (exact) mass is 352 g/mol. The summed E-state index contributed by atoms with van der Waals surface area (Å²) in [5.74, 6) is 4.31. The number of aromatic nitrogens is 3. The van der Waals surface area contributed by atoms with E-state index in [1.807, 2.05) is 6.07 Å². The van der Waals surface area contributed by atoms with Crippen LogP contribution in [0.4, 0.5) is 11.6 Å². The Labute approximate surface area is 152 Å². The molecule has 0 aliphatic carbocycles. The minimum atomic E-state index is -0.219. The fourth-order valence-corrected chi connectivity index (χ4v) is 2.69. The molecule has 3 rings (SSSR count). The van der Waals surface area contributed by atoms with Crippen molar-refractivity contribution in [1.29, 1.82) is 0 Å². The number of piperazine rings is 1. The Morgan fingerprint density at radius 2 is 1.92 bits per heavy atom. The van der Waals surface area contributed by atoms with Gasteiger partial charge in [-0.25, -0.2) is 4.98 Å². The van der Waals surface area contributed by atoms with Crippen LogP contribution in [0.3, 0.4) is 0 Å². The molecule has 8 nitrogen and oxygen atoms in total. The topological polar surface area (TPSA) is 83.5 Å². The molecule has 0 aromatic carbocycles. The van der Waals surface area contributed by atoms with Crippen molar-refractivity contribution in [3.63, 3.8) is 0 Å². The summed E-state index contributed by atoms with van der Waals surface area (Å²) in [6, 6.07) is 3.61. The lowest BCUT2D eigenvalue weighted by Gasteiger charge is -2.35. The Hall–Kier alpha value is -3.34. The minimum absolute atomic E-state index is 0.204. The highest BCUT2D eigenvalue weighted by Gasteiger charge is 2.20. The molecule has 0 unspecified atom stereocenters. The van der Waals surface area contributed by atoms with Gasteiger partial charge in [0.25, 0.3) is 5.91 Å². The maximum absolute atomic E-state index is 11.9. The second-order valence-corrected chi connectivity index (χ2v) is 5.69. The summed E-state index contributed by atoms with van der Waals surface area (Å²) in [6.45, 7) is 3.40. The molecule has 3 heterocycles. The molecule has 0 radical (unpaired) electrons. The molecule has 26 heavy (non-hydrogen) atoms. The highest BCUT2D eigenvalue weighted by Crippen LogP contribution is 2.19. The number of anilines is 2. The summed E-state index contributed by atoms with van der Waals surface area (Å²) >= 11 is 0.